The van der Waals surface area contributed by atoms with Gasteiger partial charge in [-0.2, -0.15) is 0 Å². The summed E-state index contributed by atoms with van der Waals surface area (Å²) >= 11 is 0. The van der Waals surface area contributed by atoms with Crippen molar-refractivity contribution in [1.82, 2.24) is 0 Å². The first-order valence-corrected chi connectivity index (χ1v) is 1.95. The summed E-state index contributed by atoms with van der Waals surface area (Å²) in [6.45, 7) is 3.31. The molecule has 0 spiro atoms. The summed E-state index contributed by atoms with van der Waals surface area (Å²) in [6.07, 6.45) is 1.43. The first-order chi connectivity index (χ1) is 3.33. The van der Waals surface area contributed by atoms with Gasteiger partial charge in [-0.15, -0.1) is 6.58 Å². The van der Waals surface area contributed by atoms with Gasteiger partial charge < -0.3 is 9.84 Å². The van der Waals surface area contributed by atoms with Crippen LogP contribution in [0.25, 0.3) is 0 Å². The molecule has 2 nitrogen and oxygen atoms in total. The summed E-state index contributed by atoms with van der Waals surface area (Å²) in [4.78, 5) is 0. The van der Waals surface area contributed by atoms with Gasteiger partial charge in [-0.05, 0) is 0 Å². The standard InChI is InChI=1S/C3H6O.C2H6O/c1-2-3-4;1-3-2/h2,4H,1,3H2;1-2H3. The summed E-state index contributed by atoms with van der Waals surface area (Å²) in [5.74, 6) is 0. The third-order valence-corrected chi connectivity index (χ3v) is 0.129. The van der Waals surface area contributed by atoms with Crippen LogP contribution in [-0.2, 0) is 4.74 Å². The van der Waals surface area contributed by atoms with E-state index in [1.54, 1.807) is 14.2 Å². The van der Waals surface area contributed by atoms with E-state index in [0.29, 0.717) is 0 Å². The van der Waals surface area contributed by atoms with E-state index in [9.17, 15) is 0 Å². The average molecular weight is 104 g/mol. The number of aliphatic hydroxyl groups excluding tert-OH is 1. The van der Waals surface area contributed by atoms with Crippen LogP contribution in [0.4, 0.5) is 0 Å². The zero-order valence-corrected chi connectivity index (χ0v) is 4.85. The maximum Gasteiger partial charge on any atom is 0.0609 e. The van der Waals surface area contributed by atoms with E-state index in [-0.39, 0.29) is 6.61 Å². The van der Waals surface area contributed by atoms with Crippen LogP contribution in [0.2, 0.25) is 0 Å². The van der Waals surface area contributed by atoms with Crippen molar-refractivity contribution in [2.24, 2.45) is 0 Å². The second kappa shape index (κ2) is 17.4. The SMILES string of the molecule is C=CCO.COC. The molecule has 0 aliphatic carbocycles. The van der Waals surface area contributed by atoms with Gasteiger partial charge in [0.25, 0.3) is 0 Å². The molecule has 0 aliphatic rings. The lowest BCUT2D eigenvalue weighted by Crippen LogP contribution is -1.62. The Morgan fingerprint density at radius 1 is 1.71 bits per heavy atom. The Morgan fingerprint density at radius 2 is 1.86 bits per heavy atom. The van der Waals surface area contributed by atoms with Gasteiger partial charge in [-0.1, -0.05) is 6.08 Å². The maximum absolute atomic E-state index is 7.76. The molecule has 0 aromatic carbocycles. The summed E-state index contributed by atoms with van der Waals surface area (Å²) < 4.78 is 4.25. The van der Waals surface area contributed by atoms with Crippen molar-refractivity contribution in [3.63, 3.8) is 0 Å². The van der Waals surface area contributed by atoms with Crippen molar-refractivity contribution < 1.29 is 9.84 Å². The van der Waals surface area contributed by atoms with E-state index in [2.05, 4.69) is 11.3 Å². The molecule has 1 N–H and O–H groups in total. The second-order valence-corrected chi connectivity index (χ2v) is 0.879. The van der Waals surface area contributed by atoms with Crippen LogP contribution in [0.5, 0.6) is 0 Å². The van der Waals surface area contributed by atoms with Crippen molar-refractivity contribution in [1.29, 1.82) is 0 Å². The largest absolute Gasteiger partial charge is 0.392 e. The van der Waals surface area contributed by atoms with Crippen LogP contribution in [0.1, 0.15) is 0 Å². The lowest BCUT2D eigenvalue weighted by Gasteiger charge is -1.61. The van der Waals surface area contributed by atoms with Gasteiger partial charge in [0.1, 0.15) is 0 Å². The number of hydrogen-bond acceptors (Lipinski definition) is 2. The normalized spacial score (nSPS) is 6.14. The van der Waals surface area contributed by atoms with E-state index in [0.717, 1.165) is 0 Å². The molecule has 0 radical (unpaired) electrons. The van der Waals surface area contributed by atoms with Crippen LogP contribution in [0, 0.1) is 0 Å². The molecule has 0 atom stereocenters. The molecule has 0 heterocycles. The molecular weight excluding hydrogens is 92.1 g/mol. The third kappa shape index (κ3) is 174. The molecule has 0 saturated carbocycles. The molecule has 0 fully saturated rings. The molecule has 0 saturated heterocycles. The van der Waals surface area contributed by atoms with Crippen LogP contribution in [0.15, 0.2) is 12.7 Å². The fourth-order valence-electron chi connectivity index (χ4n) is 0. The minimum atomic E-state index is 0.0833. The van der Waals surface area contributed by atoms with E-state index in [1.165, 1.54) is 6.08 Å². The predicted octanol–water partition coefficient (Wildman–Crippen LogP) is 0.427. The molecule has 0 aromatic rings. The van der Waals surface area contributed by atoms with Crippen LogP contribution in [0.3, 0.4) is 0 Å². The van der Waals surface area contributed by atoms with Gasteiger partial charge in [0.05, 0.1) is 6.61 Å². The second-order valence-electron chi connectivity index (χ2n) is 0.879. The minimum Gasteiger partial charge on any atom is -0.392 e. The molecule has 0 rings (SSSR count). The van der Waals surface area contributed by atoms with Crippen molar-refractivity contribution in [2.75, 3.05) is 20.8 Å². The lowest BCUT2D eigenvalue weighted by molar-refractivity contribution is 0.277. The number of hydrogen-bond donors (Lipinski definition) is 1. The Bertz CT molecular complexity index is 27.3. The van der Waals surface area contributed by atoms with Crippen molar-refractivity contribution in [2.45, 2.75) is 0 Å². The van der Waals surface area contributed by atoms with Crippen molar-refractivity contribution >= 4 is 0 Å². The van der Waals surface area contributed by atoms with Crippen LogP contribution < -0.4 is 0 Å². The Kier molecular flexibility index (Phi) is 24.4. The van der Waals surface area contributed by atoms with Crippen molar-refractivity contribution in [3.8, 4) is 0 Å². The quantitative estimate of drug-likeness (QED) is 0.489. The van der Waals surface area contributed by atoms with Gasteiger partial charge in [0, 0.05) is 14.2 Å². The van der Waals surface area contributed by atoms with Gasteiger partial charge in [-0.3, -0.25) is 0 Å². The molecule has 0 aromatic heterocycles. The fraction of sp³-hybridized carbons (Fsp3) is 0.600. The molecule has 7 heavy (non-hydrogen) atoms. The molecule has 0 amide bonds. The first kappa shape index (κ1) is 9.83. The Hall–Kier alpha value is -0.340. The molecule has 2 heteroatoms. The Labute approximate surface area is 44.4 Å². The van der Waals surface area contributed by atoms with E-state index in [1.807, 2.05) is 0 Å². The van der Waals surface area contributed by atoms with Gasteiger partial charge in [-0.25, -0.2) is 0 Å². The average Bonchev–Trinajstić information content (AvgIpc) is 1.69. The lowest BCUT2D eigenvalue weighted by atomic mass is 10.7. The zero-order chi connectivity index (χ0) is 6.12. The maximum atomic E-state index is 7.76. The highest BCUT2D eigenvalue weighted by molar-refractivity contribution is 4.60. The highest BCUT2D eigenvalue weighted by atomic mass is 16.4. The van der Waals surface area contributed by atoms with E-state index in [4.69, 9.17) is 5.11 Å². The molecule has 0 unspecified atom stereocenters. The number of ether oxygens (including phenoxy) is 1. The van der Waals surface area contributed by atoms with E-state index < -0.39 is 0 Å². The number of aliphatic hydroxyl groups is 1. The topological polar surface area (TPSA) is 29.5 Å². The Balaban J connectivity index is 0. The highest BCUT2D eigenvalue weighted by Gasteiger charge is 1.45. The van der Waals surface area contributed by atoms with Gasteiger partial charge in [0.15, 0.2) is 0 Å². The first-order valence-electron chi connectivity index (χ1n) is 1.95. The van der Waals surface area contributed by atoms with Crippen LogP contribution in [-0.4, -0.2) is 25.9 Å². The number of methoxy groups -OCH3 is 1. The smallest absolute Gasteiger partial charge is 0.0609 e. The van der Waals surface area contributed by atoms with Crippen molar-refractivity contribution in [3.05, 3.63) is 12.7 Å². The summed E-state index contributed by atoms with van der Waals surface area (Å²) in [5.41, 5.74) is 0. The molecule has 44 valence electrons. The molecule has 0 aliphatic heterocycles. The zero-order valence-electron chi connectivity index (χ0n) is 4.85. The summed E-state index contributed by atoms with van der Waals surface area (Å²) in [7, 11) is 3.25. The fourth-order valence-corrected chi connectivity index (χ4v) is 0. The minimum absolute atomic E-state index is 0.0833. The summed E-state index contributed by atoms with van der Waals surface area (Å²) in [5, 5.41) is 7.76. The molecular formula is C5H12O2. The van der Waals surface area contributed by atoms with Crippen LogP contribution >= 0.6 is 0 Å². The predicted molar refractivity (Wildman–Crippen MR) is 30.2 cm³/mol. The van der Waals surface area contributed by atoms with Gasteiger partial charge >= 0.3 is 0 Å². The molecule has 0 bridgehead atoms. The number of rotatable bonds is 1. The monoisotopic (exact) mass is 104 g/mol. The summed E-state index contributed by atoms with van der Waals surface area (Å²) in [6, 6.07) is 0. The Morgan fingerprint density at radius 3 is 1.86 bits per heavy atom. The van der Waals surface area contributed by atoms with E-state index >= 15 is 0 Å². The third-order valence-electron chi connectivity index (χ3n) is 0.129. The van der Waals surface area contributed by atoms with Gasteiger partial charge in [0.2, 0.25) is 0 Å². The highest BCUT2D eigenvalue weighted by Crippen LogP contribution is 1.46.